The van der Waals surface area contributed by atoms with Gasteiger partial charge in [0.15, 0.2) is 5.43 Å². The Morgan fingerprint density at radius 2 is 1.79 bits per heavy atom. The van der Waals surface area contributed by atoms with E-state index in [1.54, 1.807) is 11.0 Å². The van der Waals surface area contributed by atoms with Crippen LogP contribution in [0.5, 0.6) is 0 Å². The van der Waals surface area contributed by atoms with Crippen LogP contribution in [0.1, 0.15) is 51.7 Å². The number of carbonyl (C=O) groups excluding carboxylic acids is 1. The molecule has 1 amide bonds. The van der Waals surface area contributed by atoms with Gasteiger partial charge in [-0.25, -0.2) is 0 Å². The van der Waals surface area contributed by atoms with E-state index in [0.717, 1.165) is 36.1 Å². The molecule has 3 aromatic rings. The van der Waals surface area contributed by atoms with Gasteiger partial charge in [0, 0.05) is 13.2 Å². The van der Waals surface area contributed by atoms with Gasteiger partial charge in [-0.15, -0.1) is 0 Å². The van der Waals surface area contributed by atoms with Crippen LogP contribution in [0.2, 0.25) is 0 Å². The molecule has 0 aliphatic carbocycles. The van der Waals surface area contributed by atoms with Gasteiger partial charge < -0.3 is 14.1 Å². The third-order valence-electron chi connectivity index (χ3n) is 5.94. The highest BCUT2D eigenvalue weighted by molar-refractivity contribution is 5.99. The molecule has 0 spiro atoms. The summed E-state index contributed by atoms with van der Waals surface area (Å²) in [5, 5.41) is 0.512. The Kier molecular flexibility index (Phi) is 4.28. The average molecular weight is 389 g/mol. The number of hydrogen-bond acceptors (Lipinski definition) is 4. The predicted molar refractivity (Wildman–Crippen MR) is 110 cm³/mol. The number of hydrogen-bond donors (Lipinski definition) is 0. The second kappa shape index (κ2) is 6.85. The van der Waals surface area contributed by atoms with Gasteiger partial charge in [-0.3, -0.25) is 9.59 Å². The molecule has 5 nitrogen and oxygen atoms in total. The SMILES string of the molecule is Cc1ccc([C@@H]2c3c(oc4cc(C)ccc4c3=O)C(=O)N2C[C@@H]2CCCO2)cc1. The molecule has 2 atom stereocenters. The van der Waals surface area contributed by atoms with Crippen LogP contribution in [0.15, 0.2) is 51.7 Å². The molecule has 2 aliphatic heterocycles. The number of fused-ring (bicyclic) bond motifs is 2. The topological polar surface area (TPSA) is 59.8 Å². The Morgan fingerprint density at radius 1 is 1.03 bits per heavy atom. The number of amides is 1. The molecule has 0 saturated carbocycles. The van der Waals surface area contributed by atoms with Crippen molar-refractivity contribution in [3.63, 3.8) is 0 Å². The van der Waals surface area contributed by atoms with Gasteiger partial charge in [0.25, 0.3) is 5.91 Å². The highest BCUT2D eigenvalue weighted by atomic mass is 16.5. The van der Waals surface area contributed by atoms with E-state index in [1.807, 2.05) is 50.2 Å². The van der Waals surface area contributed by atoms with Crippen LogP contribution in [0, 0.1) is 13.8 Å². The maximum Gasteiger partial charge on any atom is 0.291 e. The number of benzene rings is 2. The van der Waals surface area contributed by atoms with E-state index in [9.17, 15) is 9.59 Å². The second-order valence-electron chi connectivity index (χ2n) is 8.08. The van der Waals surface area contributed by atoms with Crippen LogP contribution in [0.4, 0.5) is 0 Å². The van der Waals surface area contributed by atoms with Crippen LogP contribution in [-0.2, 0) is 4.74 Å². The van der Waals surface area contributed by atoms with Gasteiger partial charge in [0.2, 0.25) is 5.76 Å². The van der Waals surface area contributed by atoms with Crippen molar-refractivity contribution in [2.75, 3.05) is 13.2 Å². The van der Waals surface area contributed by atoms with E-state index in [-0.39, 0.29) is 23.2 Å². The highest BCUT2D eigenvalue weighted by Gasteiger charge is 2.43. The van der Waals surface area contributed by atoms with Crippen molar-refractivity contribution in [1.82, 2.24) is 4.90 Å². The highest BCUT2D eigenvalue weighted by Crippen LogP contribution is 2.39. The van der Waals surface area contributed by atoms with Crippen molar-refractivity contribution in [1.29, 1.82) is 0 Å². The first-order chi connectivity index (χ1) is 14.0. The summed E-state index contributed by atoms with van der Waals surface area (Å²) in [6.07, 6.45) is 1.91. The van der Waals surface area contributed by atoms with Crippen LogP contribution in [-0.4, -0.2) is 30.1 Å². The molecule has 1 aromatic heterocycles. The Labute approximate surface area is 168 Å². The van der Waals surface area contributed by atoms with Crippen molar-refractivity contribution in [2.24, 2.45) is 0 Å². The first-order valence-electron chi connectivity index (χ1n) is 10.1. The molecule has 1 saturated heterocycles. The molecule has 2 aliphatic rings. The summed E-state index contributed by atoms with van der Waals surface area (Å²) < 4.78 is 11.8. The standard InChI is InChI=1S/C24H23NO4/c1-14-5-8-16(9-6-14)21-20-22(26)18-10-7-15(2)12-19(18)29-23(20)24(27)25(21)13-17-4-3-11-28-17/h5-10,12,17,21H,3-4,11,13H2,1-2H3/t17-,21+/m0/s1. The van der Waals surface area contributed by atoms with Gasteiger partial charge in [-0.1, -0.05) is 35.9 Å². The molecule has 0 bridgehead atoms. The normalized spacial score (nSPS) is 21.2. The third kappa shape index (κ3) is 2.97. The average Bonchev–Trinajstić information content (AvgIpc) is 3.31. The Bertz CT molecular complexity index is 1160. The van der Waals surface area contributed by atoms with E-state index in [4.69, 9.17) is 9.15 Å². The molecule has 148 valence electrons. The smallest absolute Gasteiger partial charge is 0.291 e. The fraction of sp³-hybridized carbons (Fsp3) is 0.333. The van der Waals surface area contributed by atoms with E-state index in [2.05, 4.69) is 0 Å². The fourth-order valence-corrected chi connectivity index (χ4v) is 4.42. The summed E-state index contributed by atoms with van der Waals surface area (Å²) in [5.41, 5.74) is 3.80. The lowest BCUT2D eigenvalue weighted by atomic mass is 9.97. The van der Waals surface area contributed by atoms with Crippen molar-refractivity contribution >= 4 is 16.9 Å². The zero-order valence-corrected chi connectivity index (χ0v) is 16.6. The van der Waals surface area contributed by atoms with E-state index in [1.165, 1.54) is 0 Å². The molecule has 5 rings (SSSR count). The maximum absolute atomic E-state index is 13.4. The monoisotopic (exact) mass is 389 g/mol. The van der Waals surface area contributed by atoms with Crippen molar-refractivity contribution in [2.45, 2.75) is 38.8 Å². The van der Waals surface area contributed by atoms with Crippen molar-refractivity contribution < 1.29 is 13.9 Å². The quantitative estimate of drug-likeness (QED) is 0.676. The molecular formula is C24H23NO4. The summed E-state index contributed by atoms with van der Waals surface area (Å²) in [5.74, 6) is -0.0711. The first kappa shape index (κ1) is 18.1. The van der Waals surface area contributed by atoms with Crippen LogP contribution >= 0.6 is 0 Å². The minimum atomic E-state index is -0.454. The summed E-state index contributed by atoms with van der Waals surface area (Å²) in [4.78, 5) is 28.5. The Morgan fingerprint density at radius 3 is 2.52 bits per heavy atom. The lowest BCUT2D eigenvalue weighted by Crippen LogP contribution is -2.36. The van der Waals surface area contributed by atoms with Crippen molar-refractivity contribution in [3.8, 4) is 0 Å². The molecule has 3 heterocycles. The minimum Gasteiger partial charge on any atom is -0.450 e. The summed E-state index contributed by atoms with van der Waals surface area (Å²) in [6.45, 7) is 5.13. The molecule has 0 N–H and O–H groups in total. The summed E-state index contributed by atoms with van der Waals surface area (Å²) in [7, 11) is 0. The second-order valence-corrected chi connectivity index (χ2v) is 8.08. The zero-order valence-electron chi connectivity index (χ0n) is 16.6. The molecule has 1 fully saturated rings. The Hall–Kier alpha value is -2.92. The Balaban J connectivity index is 1.70. The van der Waals surface area contributed by atoms with Crippen LogP contribution in [0.25, 0.3) is 11.0 Å². The molecule has 0 radical (unpaired) electrons. The molecular weight excluding hydrogens is 366 g/mol. The number of nitrogens with zero attached hydrogens (tertiary/aromatic N) is 1. The minimum absolute atomic E-state index is 0.00651. The molecule has 0 unspecified atom stereocenters. The molecule has 5 heteroatoms. The number of carbonyl (C=O) groups is 1. The van der Waals surface area contributed by atoms with E-state index >= 15 is 0 Å². The number of aryl methyl sites for hydroxylation is 2. The van der Waals surface area contributed by atoms with Crippen LogP contribution < -0.4 is 5.43 Å². The predicted octanol–water partition coefficient (Wildman–Crippen LogP) is 4.13. The van der Waals surface area contributed by atoms with Gasteiger partial charge in [-0.2, -0.15) is 0 Å². The molecule has 2 aromatic carbocycles. The summed E-state index contributed by atoms with van der Waals surface area (Å²) >= 11 is 0. The van der Waals surface area contributed by atoms with Crippen LogP contribution in [0.3, 0.4) is 0 Å². The van der Waals surface area contributed by atoms with Gasteiger partial charge in [-0.05, 0) is 49.9 Å². The van der Waals surface area contributed by atoms with Crippen molar-refractivity contribution in [3.05, 3.63) is 80.7 Å². The molecule has 29 heavy (non-hydrogen) atoms. The number of ether oxygens (including phenoxy) is 1. The van der Waals surface area contributed by atoms with Gasteiger partial charge in [0.05, 0.1) is 23.1 Å². The maximum atomic E-state index is 13.4. The zero-order chi connectivity index (χ0) is 20.1. The van der Waals surface area contributed by atoms with Gasteiger partial charge >= 0.3 is 0 Å². The third-order valence-corrected chi connectivity index (χ3v) is 5.94. The lowest BCUT2D eigenvalue weighted by Gasteiger charge is -2.27. The van der Waals surface area contributed by atoms with E-state index in [0.29, 0.717) is 23.1 Å². The fourth-order valence-electron chi connectivity index (χ4n) is 4.42. The lowest BCUT2D eigenvalue weighted by molar-refractivity contribution is 0.0486. The van der Waals surface area contributed by atoms with E-state index < -0.39 is 6.04 Å². The van der Waals surface area contributed by atoms with Gasteiger partial charge in [0.1, 0.15) is 5.58 Å². The number of rotatable bonds is 3. The first-order valence-corrected chi connectivity index (χ1v) is 10.1. The largest absolute Gasteiger partial charge is 0.450 e. The summed E-state index contributed by atoms with van der Waals surface area (Å²) in [6, 6.07) is 13.0.